The van der Waals surface area contributed by atoms with Crippen LogP contribution in [0.25, 0.3) is 0 Å². The average molecular weight is 237 g/mol. The van der Waals surface area contributed by atoms with Crippen molar-refractivity contribution < 1.29 is 4.74 Å². The van der Waals surface area contributed by atoms with Crippen molar-refractivity contribution in [1.29, 1.82) is 0 Å². The van der Waals surface area contributed by atoms with Gasteiger partial charge in [-0.15, -0.1) is 0 Å². The van der Waals surface area contributed by atoms with Crippen molar-refractivity contribution >= 4 is 5.96 Å². The SMILES string of the molecule is CC(C)C1CC2(CCO1)CN=C(N)N2C1CC1. The lowest BCUT2D eigenvalue weighted by Gasteiger charge is -2.46. The molecule has 1 saturated carbocycles. The molecule has 2 fully saturated rings. The first-order valence-corrected chi connectivity index (χ1v) is 6.83. The lowest BCUT2D eigenvalue weighted by atomic mass is 9.82. The summed E-state index contributed by atoms with van der Waals surface area (Å²) in [5.41, 5.74) is 6.26. The van der Waals surface area contributed by atoms with Crippen molar-refractivity contribution in [3.63, 3.8) is 0 Å². The van der Waals surface area contributed by atoms with Gasteiger partial charge in [0.15, 0.2) is 5.96 Å². The minimum absolute atomic E-state index is 0.179. The summed E-state index contributed by atoms with van der Waals surface area (Å²) in [5.74, 6) is 1.35. The van der Waals surface area contributed by atoms with Crippen molar-refractivity contribution in [3.05, 3.63) is 0 Å². The van der Waals surface area contributed by atoms with Gasteiger partial charge in [0.25, 0.3) is 0 Å². The summed E-state index contributed by atoms with van der Waals surface area (Å²) in [5, 5.41) is 0. The van der Waals surface area contributed by atoms with Crippen molar-refractivity contribution in [2.75, 3.05) is 13.2 Å². The summed E-state index contributed by atoms with van der Waals surface area (Å²) in [6.45, 7) is 6.21. The zero-order chi connectivity index (χ0) is 12.0. The maximum atomic E-state index is 6.08. The van der Waals surface area contributed by atoms with E-state index in [-0.39, 0.29) is 5.54 Å². The molecule has 0 bridgehead atoms. The molecule has 1 saturated heterocycles. The lowest BCUT2D eigenvalue weighted by molar-refractivity contribution is -0.0686. The van der Waals surface area contributed by atoms with Gasteiger partial charge < -0.3 is 15.4 Å². The molecule has 0 radical (unpaired) electrons. The van der Waals surface area contributed by atoms with E-state index in [9.17, 15) is 0 Å². The highest BCUT2D eigenvalue weighted by Crippen LogP contribution is 2.42. The summed E-state index contributed by atoms with van der Waals surface area (Å²) < 4.78 is 5.89. The normalized spacial score (nSPS) is 37.9. The zero-order valence-electron chi connectivity index (χ0n) is 10.9. The number of nitrogens with zero attached hydrogens (tertiary/aromatic N) is 2. The maximum absolute atomic E-state index is 6.08. The molecule has 96 valence electrons. The second-order valence-electron chi connectivity index (χ2n) is 6.11. The van der Waals surface area contributed by atoms with Crippen LogP contribution in [0.15, 0.2) is 4.99 Å². The smallest absolute Gasteiger partial charge is 0.192 e. The molecule has 3 rings (SSSR count). The van der Waals surface area contributed by atoms with E-state index in [1.54, 1.807) is 0 Å². The van der Waals surface area contributed by atoms with E-state index in [0.29, 0.717) is 18.1 Å². The van der Waals surface area contributed by atoms with Gasteiger partial charge in [-0.1, -0.05) is 13.8 Å². The van der Waals surface area contributed by atoms with Crippen LogP contribution in [0.5, 0.6) is 0 Å². The molecule has 2 N–H and O–H groups in total. The van der Waals surface area contributed by atoms with Gasteiger partial charge in [0, 0.05) is 12.6 Å². The Morgan fingerprint density at radius 1 is 1.47 bits per heavy atom. The van der Waals surface area contributed by atoms with Crippen molar-refractivity contribution in [3.8, 4) is 0 Å². The number of rotatable bonds is 2. The van der Waals surface area contributed by atoms with Gasteiger partial charge in [-0.25, -0.2) is 0 Å². The Kier molecular flexibility index (Phi) is 2.58. The minimum Gasteiger partial charge on any atom is -0.378 e. The highest BCUT2D eigenvalue weighted by Gasteiger charge is 2.51. The minimum atomic E-state index is 0.179. The largest absolute Gasteiger partial charge is 0.378 e. The van der Waals surface area contributed by atoms with E-state index in [0.717, 1.165) is 32.0 Å². The number of guanidine groups is 1. The molecular weight excluding hydrogens is 214 g/mol. The number of hydrogen-bond acceptors (Lipinski definition) is 4. The molecule has 2 heterocycles. The Hall–Kier alpha value is -0.770. The molecule has 1 spiro atoms. The van der Waals surface area contributed by atoms with Crippen LogP contribution in [0.3, 0.4) is 0 Å². The fourth-order valence-electron chi connectivity index (χ4n) is 3.26. The van der Waals surface area contributed by atoms with Crippen LogP contribution >= 0.6 is 0 Å². The number of hydrogen-bond donors (Lipinski definition) is 1. The second kappa shape index (κ2) is 3.87. The Balaban J connectivity index is 1.80. The highest BCUT2D eigenvalue weighted by molar-refractivity contribution is 5.81. The fourth-order valence-corrected chi connectivity index (χ4v) is 3.26. The van der Waals surface area contributed by atoms with Crippen LogP contribution in [0.1, 0.15) is 39.5 Å². The molecule has 2 atom stereocenters. The molecular formula is C13H23N3O. The molecule has 2 aliphatic heterocycles. The third-order valence-corrected chi connectivity index (χ3v) is 4.43. The number of ether oxygens (including phenoxy) is 1. The van der Waals surface area contributed by atoms with Gasteiger partial charge in [-0.2, -0.15) is 0 Å². The van der Waals surface area contributed by atoms with Crippen molar-refractivity contribution in [1.82, 2.24) is 4.90 Å². The van der Waals surface area contributed by atoms with E-state index in [4.69, 9.17) is 10.5 Å². The van der Waals surface area contributed by atoms with E-state index in [1.807, 2.05) is 0 Å². The zero-order valence-corrected chi connectivity index (χ0v) is 10.9. The lowest BCUT2D eigenvalue weighted by Crippen LogP contribution is -2.57. The van der Waals surface area contributed by atoms with Crippen LogP contribution in [-0.2, 0) is 4.74 Å². The van der Waals surface area contributed by atoms with Gasteiger partial charge in [0.2, 0.25) is 0 Å². The van der Waals surface area contributed by atoms with E-state index >= 15 is 0 Å². The van der Waals surface area contributed by atoms with E-state index in [1.165, 1.54) is 12.8 Å². The van der Waals surface area contributed by atoms with Gasteiger partial charge in [-0.05, 0) is 31.6 Å². The summed E-state index contributed by atoms with van der Waals surface area (Å²) in [4.78, 5) is 6.94. The van der Waals surface area contributed by atoms with Gasteiger partial charge >= 0.3 is 0 Å². The molecule has 1 aliphatic carbocycles. The predicted octanol–water partition coefficient (Wildman–Crippen LogP) is 1.35. The summed E-state index contributed by atoms with van der Waals surface area (Å²) in [7, 11) is 0. The van der Waals surface area contributed by atoms with E-state index in [2.05, 4.69) is 23.7 Å². The fraction of sp³-hybridized carbons (Fsp3) is 0.923. The van der Waals surface area contributed by atoms with Gasteiger partial charge in [0.05, 0.1) is 18.2 Å². The molecule has 17 heavy (non-hydrogen) atoms. The summed E-state index contributed by atoms with van der Waals surface area (Å²) in [6.07, 6.45) is 5.10. The third-order valence-electron chi connectivity index (χ3n) is 4.43. The molecule has 4 nitrogen and oxygen atoms in total. The topological polar surface area (TPSA) is 50.9 Å². The molecule has 3 aliphatic rings. The second-order valence-corrected chi connectivity index (χ2v) is 6.11. The quantitative estimate of drug-likeness (QED) is 0.789. The van der Waals surface area contributed by atoms with Gasteiger partial charge in [0.1, 0.15) is 0 Å². The van der Waals surface area contributed by atoms with Gasteiger partial charge in [-0.3, -0.25) is 4.99 Å². The Morgan fingerprint density at radius 3 is 2.88 bits per heavy atom. The maximum Gasteiger partial charge on any atom is 0.192 e. The first-order valence-electron chi connectivity index (χ1n) is 6.83. The predicted molar refractivity (Wildman–Crippen MR) is 67.9 cm³/mol. The Labute approximate surface area is 103 Å². The first kappa shape index (κ1) is 11.3. The first-order chi connectivity index (χ1) is 8.12. The summed E-state index contributed by atoms with van der Waals surface area (Å²) in [6, 6.07) is 0.659. The summed E-state index contributed by atoms with van der Waals surface area (Å²) >= 11 is 0. The molecule has 2 unspecified atom stereocenters. The Bertz CT molecular complexity index is 338. The van der Waals surface area contributed by atoms with Crippen LogP contribution in [-0.4, -0.2) is 41.7 Å². The van der Waals surface area contributed by atoms with Crippen molar-refractivity contribution in [2.24, 2.45) is 16.6 Å². The van der Waals surface area contributed by atoms with Crippen LogP contribution in [0.2, 0.25) is 0 Å². The third kappa shape index (κ3) is 1.82. The standard InChI is InChI=1S/C13H23N3O/c1-9(2)11-7-13(5-6-17-11)8-15-12(14)16(13)10-3-4-10/h9-11H,3-8H2,1-2H3,(H2,14,15). The van der Waals surface area contributed by atoms with Crippen LogP contribution in [0.4, 0.5) is 0 Å². The molecule has 4 heteroatoms. The number of aliphatic imine (C=N–C) groups is 1. The monoisotopic (exact) mass is 237 g/mol. The van der Waals surface area contributed by atoms with E-state index < -0.39 is 0 Å². The molecule has 0 amide bonds. The van der Waals surface area contributed by atoms with Crippen molar-refractivity contribution in [2.45, 2.75) is 57.2 Å². The van der Waals surface area contributed by atoms with Crippen LogP contribution in [0, 0.1) is 5.92 Å². The molecule has 0 aromatic heterocycles. The number of nitrogens with two attached hydrogens (primary N) is 1. The Morgan fingerprint density at radius 2 is 2.24 bits per heavy atom. The van der Waals surface area contributed by atoms with Crippen LogP contribution < -0.4 is 5.73 Å². The average Bonchev–Trinajstić information content (AvgIpc) is 3.07. The molecule has 0 aromatic rings. The highest BCUT2D eigenvalue weighted by atomic mass is 16.5. The molecule has 0 aromatic carbocycles.